The molecule has 2 aliphatic rings. The molecule has 0 aliphatic carbocycles. The molecule has 3 nitrogen and oxygen atoms in total. The standard InChI is InChI=1S/C12H19IO3/c1-2-3-4-5-6-8-11(13)12-9(15-8)7-10(14)16-12/h8-9,11-12H,2-7H2,1H3/t8-,9-,11-,12+/m1/s1. The number of fused-ring (bicyclic) bond motifs is 1. The summed E-state index contributed by atoms with van der Waals surface area (Å²) in [5, 5.41) is 0. The summed E-state index contributed by atoms with van der Waals surface area (Å²) in [6.45, 7) is 2.22. The summed E-state index contributed by atoms with van der Waals surface area (Å²) < 4.78 is 11.5. The highest BCUT2D eigenvalue weighted by atomic mass is 127. The van der Waals surface area contributed by atoms with E-state index in [2.05, 4.69) is 29.5 Å². The van der Waals surface area contributed by atoms with Crippen LogP contribution in [0.1, 0.15) is 45.4 Å². The Hall–Kier alpha value is 0.160. The van der Waals surface area contributed by atoms with Crippen molar-refractivity contribution in [2.75, 3.05) is 0 Å². The van der Waals surface area contributed by atoms with Crippen LogP contribution < -0.4 is 0 Å². The molecule has 0 aromatic carbocycles. The molecule has 2 heterocycles. The Labute approximate surface area is 110 Å². The third kappa shape index (κ3) is 2.70. The Morgan fingerprint density at radius 3 is 2.88 bits per heavy atom. The number of halogens is 1. The Kier molecular flexibility index (Phi) is 4.47. The van der Waals surface area contributed by atoms with Crippen molar-refractivity contribution in [1.82, 2.24) is 0 Å². The van der Waals surface area contributed by atoms with Crippen LogP contribution in [-0.4, -0.2) is 28.2 Å². The van der Waals surface area contributed by atoms with E-state index >= 15 is 0 Å². The molecule has 0 unspecified atom stereocenters. The van der Waals surface area contributed by atoms with E-state index in [9.17, 15) is 4.79 Å². The molecule has 2 fully saturated rings. The van der Waals surface area contributed by atoms with Crippen molar-refractivity contribution in [3.63, 3.8) is 0 Å². The summed E-state index contributed by atoms with van der Waals surface area (Å²) in [6, 6.07) is 0. The SMILES string of the molecule is CCCCCC[C@H]1O[C@@H]2CC(=O)O[C@@H]2[C@@H]1I. The van der Waals surface area contributed by atoms with E-state index in [1.54, 1.807) is 0 Å². The summed E-state index contributed by atoms with van der Waals surface area (Å²) >= 11 is 2.38. The first-order valence-corrected chi connectivity index (χ1v) is 7.46. The van der Waals surface area contributed by atoms with Crippen molar-refractivity contribution < 1.29 is 14.3 Å². The van der Waals surface area contributed by atoms with E-state index < -0.39 is 0 Å². The number of carbonyl (C=O) groups is 1. The quantitative estimate of drug-likeness (QED) is 0.335. The maximum Gasteiger partial charge on any atom is 0.308 e. The lowest BCUT2D eigenvalue weighted by molar-refractivity contribution is -0.141. The van der Waals surface area contributed by atoms with Crippen LogP contribution in [0.25, 0.3) is 0 Å². The van der Waals surface area contributed by atoms with Gasteiger partial charge in [-0.2, -0.15) is 0 Å². The lowest BCUT2D eigenvalue weighted by Gasteiger charge is -2.15. The van der Waals surface area contributed by atoms with Gasteiger partial charge in [-0.1, -0.05) is 55.2 Å². The van der Waals surface area contributed by atoms with Crippen LogP contribution in [0.3, 0.4) is 0 Å². The lowest BCUT2D eigenvalue weighted by atomic mass is 10.1. The first-order valence-electron chi connectivity index (χ1n) is 6.21. The molecule has 2 saturated heterocycles. The van der Waals surface area contributed by atoms with E-state index in [-0.39, 0.29) is 18.2 Å². The predicted molar refractivity (Wildman–Crippen MR) is 69.7 cm³/mol. The van der Waals surface area contributed by atoms with Gasteiger partial charge in [0.1, 0.15) is 12.2 Å². The van der Waals surface area contributed by atoms with Gasteiger partial charge in [0.25, 0.3) is 0 Å². The monoisotopic (exact) mass is 338 g/mol. The van der Waals surface area contributed by atoms with Gasteiger partial charge in [-0.05, 0) is 6.42 Å². The normalized spacial score (nSPS) is 37.5. The summed E-state index contributed by atoms with van der Waals surface area (Å²) in [4.78, 5) is 11.1. The number of hydrogen-bond acceptors (Lipinski definition) is 3. The molecule has 0 aromatic rings. The van der Waals surface area contributed by atoms with Crippen molar-refractivity contribution in [2.24, 2.45) is 0 Å². The van der Waals surface area contributed by atoms with Gasteiger partial charge in [0.05, 0.1) is 16.4 Å². The van der Waals surface area contributed by atoms with E-state index in [4.69, 9.17) is 9.47 Å². The minimum absolute atomic E-state index is 0.0178. The molecule has 4 atom stereocenters. The molecular weight excluding hydrogens is 319 g/mol. The Morgan fingerprint density at radius 1 is 1.38 bits per heavy atom. The Morgan fingerprint density at radius 2 is 2.19 bits per heavy atom. The number of alkyl halides is 1. The fourth-order valence-corrected chi connectivity index (χ4v) is 3.60. The molecule has 92 valence electrons. The molecule has 0 bridgehead atoms. The van der Waals surface area contributed by atoms with Gasteiger partial charge in [-0.25, -0.2) is 0 Å². The van der Waals surface area contributed by atoms with E-state index in [1.165, 1.54) is 25.7 Å². The van der Waals surface area contributed by atoms with Crippen LogP contribution in [0.15, 0.2) is 0 Å². The zero-order valence-electron chi connectivity index (χ0n) is 9.65. The molecule has 4 heteroatoms. The van der Waals surface area contributed by atoms with E-state index in [1.807, 2.05) is 0 Å². The number of rotatable bonds is 5. The molecule has 0 radical (unpaired) electrons. The molecule has 0 saturated carbocycles. The molecule has 16 heavy (non-hydrogen) atoms. The van der Waals surface area contributed by atoms with Gasteiger partial charge in [0, 0.05) is 0 Å². The van der Waals surface area contributed by atoms with Crippen molar-refractivity contribution in [2.45, 2.75) is 67.7 Å². The highest BCUT2D eigenvalue weighted by Gasteiger charge is 2.49. The molecule has 0 amide bonds. The number of unbranched alkanes of at least 4 members (excludes halogenated alkanes) is 3. The fourth-order valence-electron chi connectivity index (χ4n) is 2.46. The first kappa shape index (κ1) is 12.6. The smallest absolute Gasteiger partial charge is 0.308 e. The third-order valence-corrected chi connectivity index (χ3v) is 4.87. The van der Waals surface area contributed by atoms with Crippen molar-refractivity contribution >= 4 is 28.6 Å². The highest BCUT2D eigenvalue weighted by Crippen LogP contribution is 2.37. The van der Waals surface area contributed by atoms with Gasteiger partial charge in [-0.3, -0.25) is 4.79 Å². The van der Waals surface area contributed by atoms with Gasteiger partial charge in [0.2, 0.25) is 0 Å². The minimum Gasteiger partial charge on any atom is -0.458 e. The maximum atomic E-state index is 11.1. The van der Waals surface area contributed by atoms with Crippen LogP contribution in [0.4, 0.5) is 0 Å². The molecule has 2 aliphatic heterocycles. The molecular formula is C12H19IO3. The lowest BCUT2D eigenvalue weighted by Crippen LogP contribution is -2.26. The van der Waals surface area contributed by atoms with Gasteiger partial charge < -0.3 is 9.47 Å². The number of ether oxygens (including phenoxy) is 2. The summed E-state index contributed by atoms with van der Waals surface area (Å²) in [6.07, 6.45) is 6.99. The number of esters is 1. The molecule has 0 spiro atoms. The zero-order chi connectivity index (χ0) is 11.5. The van der Waals surface area contributed by atoms with Crippen molar-refractivity contribution in [3.05, 3.63) is 0 Å². The second-order valence-corrected chi connectivity index (χ2v) is 6.10. The van der Waals surface area contributed by atoms with Crippen LogP contribution >= 0.6 is 22.6 Å². The second kappa shape index (κ2) is 5.67. The average molecular weight is 338 g/mol. The Balaban J connectivity index is 1.75. The predicted octanol–water partition coefficient (Wildman–Crippen LogP) is 2.84. The van der Waals surface area contributed by atoms with Crippen LogP contribution in [-0.2, 0) is 14.3 Å². The number of hydrogen-bond donors (Lipinski definition) is 0. The van der Waals surface area contributed by atoms with Gasteiger partial charge in [-0.15, -0.1) is 0 Å². The van der Waals surface area contributed by atoms with Gasteiger partial charge in [0.15, 0.2) is 0 Å². The summed E-state index contributed by atoms with van der Waals surface area (Å²) in [7, 11) is 0. The molecule has 2 rings (SSSR count). The second-order valence-electron chi connectivity index (χ2n) is 4.67. The van der Waals surface area contributed by atoms with E-state index in [0.29, 0.717) is 16.4 Å². The topological polar surface area (TPSA) is 35.5 Å². The summed E-state index contributed by atoms with van der Waals surface area (Å²) in [5.74, 6) is -0.0962. The van der Waals surface area contributed by atoms with Crippen molar-refractivity contribution in [3.8, 4) is 0 Å². The van der Waals surface area contributed by atoms with E-state index in [0.717, 1.165) is 6.42 Å². The van der Waals surface area contributed by atoms with Gasteiger partial charge >= 0.3 is 5.97 Å². The van der Waals surface area contributed by atoms with Crippen molar-refractivity contribution in [1.29, 1.82) is 0 Å². The number of carbonyl (C=O) groups excluding carboxylic acids is 1. The maximum absolute atomic E-state index is 11.1. The molecule has 0 N–H and O–H groups in total. The Bertz CT molecular complexity index is 257. The highest BCUT2D eigenvalue weighted by molar-refractivity contribution is 14.1. The average Bonchev–Trinajstić information content (AvgIpc) is 2.74. The largest absolute Gasteiger partial charge is 0.458 e. The fraction of sp³-hybridized carbons (Fsp3) is 0.917. The first-order chi connectivity index (χ1) is 7.72. The van der Waals surface area contributed by atoms with Crippen LogP contribution in [0.2, 0.25) is 0 Å². The minimum atomic E-state index is -0.0962. The van der Waals surface area contributed by atoms with Crippen LogP contribution in [0, 0.1) is 0 Å². The summed E-state index contributed by atoms with van der Waals surface area (Å²) in [5.41, 5.74) is 0. The van der Waals surface area contributed by atoms with Crippen LogP contribution in [0.5, 0.6) is 0 Å². The zero-order valence-corrected chi connectivity index (χ0v) is 11.8. The third-order valence-electron chi connectivity index (χ3n) is 3.36. The molecule has 0 aromatic heterocycles.